The topological polar surface area (TPSA) is 104 Å². The van der Waals surface area contributed by atoms with E-state index in [4.69, 9.17) is 0 Å². The summed E-state index contributed by atoms with van der Waals surface area (Å²) in [7, 11) is 0. The maximum Gasteiger partial charge on any atom is 0.323 e. The van der Waals surface area contributed by atoms with Gasteiger partial charge in [-0.05, 0) is 18.2 Å². The number of phenols is 1. The number of phenolic OH excluding ortho intramolecular Hbond substituents is 1. The Hall–Kier alpha value is -3.23. The molecule has 2 amide bonds. The van der Waals surface area contributed by atoms with Crippen LogP contribution in [0.2, 0.25) is 0 Å². The summed E-state index contributed by atoms with van der Waals surface area (Å²) in [6.45, 7) is 0. The smallest absolute Gasteiger partial charge is 0.323 e. The molecule has 0 spiro atoms. The molecule has 0 unspecified atom stereocenters. The number of non-ortho nitro benzene ring substituents is 1. The number of nitrogens with zero attached hydrogens (tertiary/aromatic N) is 1. The molecule has 0 atom stereocenters. The van der Waals surface area contributed by atoms with Crippen LogP contribution in [-0.2, 0) is 0 Å². The second kappa shape index (κ2) is 6.04. The zero-order valence-corrected chi connectivity index (χ0v) is 10.8. The Bertz CT molecular complexity index is 732. The van der Waals surface area contributed by atoms with E-state index in [-0.39, 0.29) is 11.4 Å². The van der Waals surface area contributed by atoms with Crippen LogP contribution >= 0.6 is 0 Å². The van der Waals surface area contributed by atoms with E-state index in [1.54, 1.807) is 0 Å². The van der Waals surface area contributed by atoms with Crippen molar-refractivity contribution in [3.63, 3.8) is 0 Å². The molecule has 0 fully saturated rings. The number of aromatic hydroxyl groups is 1. The highest BCUT2D eigenvalue weighted by Crippen LogP contribution is 2.28. The van der Waals surface area contributed by atoms with Gasteiger partial charge in [0, 0.05) is 6.07 Å². The fourth-order valence-electron chi connectivity index (χ4n) is 1.62. The number of nitrogens with one attached hydrogen (secondary N) is 2. The Morgan fingerprint density at radius 3 is 2.32 bits per heavy atom. The lowest BCUT2D eigenvalue weighted by atomic mass is 10.2. The van der Waals surface area contributed by atoms with Crippen molar-refractivity contribution in [3.05, 3.63) is 58.1 Å². The molecule has 0 aliphatic carbocycles. The third-order valence-corrected chi connectivity index (χ3v) is 2.64. The number of nitro benzene ring substituents is 1. The highest BCUT2D eigenvalue weighted by Gasteiger charge is 2.15. The van der Waals surface area contributed by atoms with Gasteiger partial charge in [0.25, 0.3) is 5.69 Å². The maximum absolute atomic E-state index is 13.4. The summed E-state index contributed by atoms with van der Waals surface area (Å²) in [5.41, 5.74) is -1.18. The highest BCUT2D eigenvalue weighted by molar-refractivity contribution is 6.00. The normalized spacial score (nSPS) is 10.1. The predicted octanol–water partition coefficient (Wildman–Crippen LogP) is 3.22. The molecule has 0 aliphatic heterocycles. The monoisotopic (exact) mass is 309 g/mol. The van der Waals surface area contributed by atoms with Gasteiger partial charge in [0.05, 0.1) is 16.7 Å². The molecule has 0 radical (unpaired) electrons. The maximum atomic E-state index is 13.4. The molecule has 9 heteroatoms. The number of halogens is 2. The van der Waals surface area contributed by atoms with Gasteiger partial charge in [-0.3, -0.25) is 10.1 Å². The zero-order chi connectivity index (χ0) is 16.3. The molecule has 2 aromatic carbocycles. The van der Waals surface area contributed by atoms with Crippen LogP contribution in [0.5, 0.6) is 5.75 Å². The number of amides is 2. The lowest BCUT2D eigenvalue weighted by Crippen LogP contribution is -2.21. The van der Waals surface area contributed by atoms with Crippen molar-refractivity contribution in [1.29, 1.82) is 0 Å². The summed E-state index contributed by atoms with van der Waals surface area (Å²) in [4.78, 5) is 21.4. The summed E-state index contributed by atoms with van der Waals surface area (Å²) >= 11 is 0. The number of nitro groups is 1. The summed E-state index contributed by atoms with van der Waals surface area (Å²) in [5, 5.41) is 24.2. The van der Waals surface area contributed by atoms with Crippen LogP contribution in [0.3, 0.4) is 0 Å². The van der Waals surface area contributed by atoms with Gasteiger partial charge in [-0.1, -0.05) is 6.07 Å². The molecule has 0 heterocycles. The second-order valence-corrected chi connectivity index (χ2v) is 4.13. The number of anilines is 2. The molecule has 0 aliphatic rings. The van der Waals surface area contributed by atoms with Crippen molar-refractivity contribution < 1.29 is 23.6 Å². The fourth-order valence-corrected chi connectivity index (χ4v) is 1.62. The van der Waals surface area contributed by atoms with Crippen LogP contribution in [0.15, 0.2) is 36.4 Å². The van der Waals surface area contributed by atoms with Crippen molar-refractivity contribution in [2.75, 3.05) is 10.6 Å². The van der Waals surface area contributed by atoms with Gasteiger partial charge in [-0.25, -0.2) is 13.6 Å². The Kier molecular flexibility index (Phi) is 4.16. The minimum absolute atomic E-state index is 0.153. The van der Waals surface area contributed by atoms with Gasteiger partial charge >= 0.3 is 6.03 Å². The van der Waals surface area contributed by atoms with Crippen LogP contribution in [0.1, 0.15) is 0 Å². The standard InChI is InChI=1S/C13H9F2N3O4/c14-8-2-1-3-9(15)12(8)17-13(20)16-10-5-4-7(18(21)22)6-11(10)19/h1-6,19H,(H2,16,17,20). The zero-order valence-electron chi connectivity index (χ0n) is 10.8. The number of hydrogen-bond acceptors (Lipinski definition) is 4. The van der Waals surface area contributed by atoms with Gasteiger partial charge in [0.15, 0.2) is 0 Å². The minimum Gasteiger partial charge on any atom is -0.506 e. The van der Waals surface area contributed by atoms with Crippen LogP contribution in [0.25, 0.3) is 0 Å². The van der Waals surface area contributed by atoms with Crippen molar-refractivity contribution >= 4 is 23.1 Å². The number of benzene rings is 2. The molecular formula is C13H9F2N3O4. The summed E-state index contributed by atoms with van der Waals surface area (Å²) in [6.07, 6.45) is 0. The summed E-state index contributed by atoms with van der Waals surface area (Å²) in [6, 6.07) is 5.01. The van der Waals surface area contributed by atoms with Gasteiger partial charge in [0.1, 0.15) is 23.1 Å². The van der Waals surface area contributed by atoms with E-state index in [9.17, 15) is 28.8 Å². The quantitative estimate of drug-likeness (QED) is 0.460. The van der Waals surface area contributed by atoms with E-state index in [1.807, 2.05) is 5.32 Å². The van der Waals surface area contributed by atoms with Crippen LogP contribution < -0.4 is 10.6 Å². The Morgan fingerprint density at radius 1 is 1.14 bits per heavy atom. The molecular weight excluding hydrogens is 300 g/mol. The molecule has 0 aromatic heterocycles. The second-order valence-electron chi connectivity index (χ2n) is 4.13. The van der Waals surface area contributed by atoms with Crippen molar-refractivity contribution in [1.82, 2.24) is 0 Å². The Labute approximate surface area is 122 Å². The van der Waals surface area contributed by atoms with E-state index in [0.29, 0.717) is 0 Å². The van der Waals surface area contributed by atoms with Gasteiger partial charge in [0.2, 0.25) is 0 Å². The lowest BCUT2D eigenvalue weighted by molar-refractivity contribution is -0.384. The molecule has 3 N–H and O–H groups in total. The number of rotatable bonds is 3. The number of carbonyl (C=O) groups is 1. The van der Waals surface area contributed by atoms with Gasteiger partial charge in [-0.15, -0.1) is 0 Å². The number of hydrogen-bond donors (Lipinski definition) is 3. The molecule has 0 bridgehead atoms. The van der Waals surface area contributed by atoms with Crippen LogP contribution in [0, 0.1) is 21.7 Å². The average molecular weight is 309 g/mol. The molecule has 2 aromatic rings. The lowest BCUT2D eigenvalue weighted by Gasteiger charge is -2.10. The van der Waals surface area contributed by atoms with E-state index >= 15 is 0 Å². The summed E-state index contributed by atoms with van der Waals surface area (Å²) < 4.78 is 26.7. The van der Waals surface area contributed by atoms with Crippen LogP contribution in [-0.4, -0.2) is 16.1 Å². The van der Waals surface area contributed by atoms with E-state index in [0.717, 1.165) is 36.4 Å². The molecule has 22 heavy (non-hydrogen) atoms. The minimum atomic E-state index is -1.02. The third kappa shape index (κ3) is 3.26. The highest BCUT2D eigenvalue weighted by atomic mass is 19.1. The first-order chi connectivity index (χ1) is 10.4. The molecule has 114 valence electrons. The van der Waals surface area contributed by atoms with Gasteiger partial charge < -0.3 is 15.7 Å². The molecule has 2 rings (SSSR count). The largest absolute Gasteiger partial charge is 0.506 e. The van der Waals surface area contributed by atoms with Crippen molar-refractivity contribution in [2.24, 2.45) is 0 Å². The first-order valence-electron chi connectivity index (χ1n) is 5.88. The average Bonchev–Trinajstić information content (AvgIpc) is 2.45. The first kappa shape index (κ1) is 15.2. The van der Waals surface area contributed by atoms with E-state index in [2.05, 4.69) is 5.32 Å². The number of urea groups is 1. The number of para-hydroxylation sites is 1. The Balaban J connectivity index is 2.14. The molecule has 7 nitrogen and oxygen atoms in total. The first-order valence-corrected chi connectivity index (χ1v) is 5.88. The van der Waals surface area contributed by atoms with Crippen LogP contribution in [0.4, 0.5) is 30.6 Å². The SMILES string of the molecule is O=C(Nc1ccc([N+](=O)[O-])cc1O)Nc1c(F)cccc1F. The van der Waals surface area contributed by atoms with Gasteiger partial charge in [-0.2, -0.15) is 0 Å². The fraction of sp³-hybridized carbons (Fsp3) is 0. The molecule has 0 saturated heterocycles. The molecule has 0 saturated carbocycles. The summed E-state index contributed by atoms with van der Waals surface area (Å²) in [5.74, 6) is -2.50. The van der Waals surface area contributed by atoms with Crippen molar-refractivity contribution in [2.45, 2.75) is 0 Å². The van der Waals surface area contributed by atoms with E-state index in [1.165, 1.54) is 0 Å². The third-order valence-electron chi connectivity index (χ3n) is 2.64. The Morgan fingerprint density at radius 2 is 1.77 bits per heavy atom. The van der Waals surface area contributed by atoms with E-state index < -0.39 is 34.0 Å². The number of carbonyl (C=O) groups excluding carboxylic acids is 1. The van der Waals surface area contributed by atoms with Crippen molar-refractivity contribution in [3.8, 4) is 5.75 Å². The predicted molar refractivity (Wildman–Crippen MR) is 73.8 cm³/mol.